The monoisotopic (exact) mass is 359 g/mol. The van der Waals surface area contributed by atoms with Crippen molar-refractivity contribution < 1.29 is 4.74 Å². The Labute approximate surface area is 124 Å². The molecule has 1 heterocycles. The maximum absolute atomic E-state index is 5.73. The van der Waals surface area contributed by atoms with Crippen molar-refractivity contribution >= 4 is 22.6 Å². The quantitative estimate of drug-likeness (QED) is 0.564. The van der Waals surface area contributed by atoms with Gasteiger partial charge < -0.3 is 9.64 Å². The number of rotatable bonds is 6. The van der Waals surface area contributed by atoms with Gasteiger partial charge in [0.05, 0.1) is 6.61 Å². The molecule has 0 amide bonds. The molecule has 1 aromatic rings. The lowest BCUT2D eigenvalue weighted by molar-refractivity contribution is 0.216. The molecule has 0 atom stereocenters. The highest BCUT2D eigenvalue weighted by Crippen LogP contribution is 2.14. The summed E-state index contributed by atoms with van der Waals surface area (Å²) < 4.78 is 6.98. The molecule has 1 fully saturated rings. The van der Waals surface area contributed by atoms with Gasteiger partial charge >= 0.3 is 0 Å². The highest BCUT2D eigenvalue weighted by Gasteiger charge is 2.08. The van der Waals surface area contributed by atoms with E-state index in [0.717, 1.165) is 18.8 Å². The molecular formula is C15H22INO. The minimum atomic E-state index is 0.842. The second-order valence-electron chi connectivity index (χ2n) is 4.91. The first-order valence-electron chi connectivity index (χ1n) is 6.95. The molecule has 0 unspecified atom stereocenters. The first kappa shape index (κ1) is 14.1. The van der Waals surface area contributed by atoms with E-state index < -0.39 is 0 Å². The molecule has 1 aromatic carbocycles. The Hall–Kier alpha value is -0.290. The Morgan fingerprint density at radius 2 is 1.72 bits per heavy atom. The fourth-order valence-corrected chi connectivity index (χ4v) is 2.70. The molecule has 18 heavy (non-hydrogen) atoms. The van der Waals surface area contributed by atoms with E-state index in [9.17, 15) is 0 Å². The number of benzene rings is 1. The van der Waals surface area contributed by atoms with E-state index in [1.54, 1.807) is 0 Å². The van der Waals surface area contributed by atoms with Crippen LogP contribution in [-0.4, -0.2) is 31.1 Å². The summed E-state index contributed by atoms with van der Waals surface area (Å²) in [4.78, 5) is 2.59. The normalized spacial score (nSPS) is 16.7. The number of hydrogen-bond acceptors (Lipinski definition) is 2. The van der Waals surface area contributed by atoms with Gasteiger partial charge in [-0.1, -0.05) is 6.42 Å². The van der Waals surface area contributed by atoms with Crippen LogP contribution in [0.2, 0.25) is 0 Å². The standard InChI is InChI=1S/C15H22INO/c16-14-6-8-15(9-7-14)18-13-5-4-12-17-10-2-1-3-11-17/h6-9H,1-5,10-13H2. The minimum Gasteiger partial charge on any atom is -0.494 e. The van der Waals surface area contributed by atoms with Gasteiger partial charge in [0.2, 0.25) is 0 Å². The van der Waals surface area contributed by atoms with Gasteiger partial charge in [0.15, 0.2) is 0 Å². The van der Waals surface area contributed by atoms with Crippen LogP contribution in [0, 0.1) is 3.57 Å². The number of hydrogen-bond donors (Lipinski definition) is 0. The van der Waals surface area contributed by atoms with Gasteiger partial charge in [0.25, 0.3) is 0 Å². The number of likely N-dealkylation sites (tertiary alicyclic amines) is 1. The third-order valence-electron chi connectivity index (χ3n) is 3.40. The van der Waals surface area contributed by atoms with Crippen molar-refractivity contribution in [2.45, 2.75) is 32.1 Å². The smallest absolute Gasteiger partial charge is 0.119 e. The summed E-state index contributed by atoms with van der Waals surface area (Å²) >= 11 is 2.31. The minimum absolute atomic E-state index is 0.842. The first-order chi connectivity index (χ1) is 8.84. The predicted octanol–water partition coefficient (Wildman–Crippen LogP) is 3.94. The van der Waals surface area contributed by atoms with Crippen LogP contribution in [0.1, 0.15) is 32.1 Å². The average Bonchev–Trinajstić information content (AvgIpc) is 2.42. The third-order valence-corrected chi connectivity index (χ3v) is 4.12. The van der Waals surface area contributed by atoms with Crippen molar-refractivity contribution in [3.05, 3.63) is 27.8 Å². The summed E-state index contributed by atoms with van der Waals surface area (Å²) in [6, 6.07) is 8.27. The lowest BCUT2D eigenvalue weighted by atomic mass is 10.1. The summed E-state index contributed by atoms with van der Waals surface area (Å²) in [5, 5.41) is 0. The van der Waals surface area contributed by atoms with E-state index in [1.807, 2.05) is 12.1 Å². The molecule has 1 aliphatic heterocycles. The zero-order valence-corrected chi connectivity index (χ0v) is 13.1. The van der Waals surface area contributed by atoms with Crippen LogP contribution in [0.3, 0.4) is 0 Å². The Kier molecular flexibility index (Phi) is 6.28. The molecule has 0 spiro atoms. The molecule has 100 valence electrons. The fraction of sp³-hybridized carbons (Fsp3) is 0.600. The summed E-state index contributed by atoms with van der Waals surface area (Å²) in [5.41, 5.74) is 0. The Balaban J connectivity index is 1.54. The van der Waals surface area contributed by atoms with E-state index in [0.29, 0.717) is 0 Å². The molecule has 0 saturated carbocycles. The van der Waals surface area contributed by atoms with E-state index >= 15 is 0 Å². The van der Waals surface area contributed by atoms with Gasteiger partial charge in [-0.2, -0.15) is 0 Å². The lowest BCUT2D eigenvalue weighted by Gasteiger charge is -2.26. The summed E-state index contributed by atoms with van der Waals surface area (Å²) in [7, 11) is 0. The third kappa shape index (κ3) is 5.14. The molecule has 0 bridgehead atoms. The van der Waals surface area contributed by atoms with Crippen LogP contribution < -0.4 is 4.74 Å². The van der Waals surface area contributed by atoms with Gasteiger partial charge in [-0.15, -0.1) is 0 Å². The Morgan fingerprint density at radius 1 is 1.00 bits per heavy atom. The molecule has 0 aromatic heterocycles. The van der Waals surface area contributed by atoms with Gasteiger partial charge in [-0.3, -0.25) is 0 Å². The second-order valence-corrected chi connectivity index (χ2v) is 6.16. The highest BCUT2D eigenvalue weighted by molar-refractivity contribution is 14.1. The summed E-state index contributed by atoms with van der Waals surface area (Å²) in [6.07, 6.45) is 6.61. The van der Waals surface area contributed by atoms with Crippen molar-refractivity contribution in [2.24, 2.45) is 0 Å². The topological polar surface area (TPSA) is 12.5 Å². The van der Waals surface area contributed by atoms with Crippen LogP contribution in [0.5, 0.6) is 5.75 Å². The van der Waals surface area contributed by atoms with Crippen LogP contribution >= 0.6 is 22.6 Å². The molecule has 0 aliphatic carbocycles. The van der Waals surface area contributed by atoms with Crippen LogP contribution in [0.15, 0.2) is 24.3 Å². The van der Waals surface area contributed by atoms with E-state index in [2.05, 4.69) is 39.6 Å². The number of ether oxygens (including phenoxy) is 1. The van der Waals surface area contributed by atoms with E-state index in [1.165, 1.54) is 48.9 Å². The number of piperidine rings is 1. The molecule has 2 rings (SSSR count). The van der Waals surface area contributed by atoms with Crippen LogP contribution in [-0.2, 0) is 0 Å². The summed E-state index contributed by atoms with van der Waals surface area (Å²) in [5.74, 6) is 0.994. The van der Waals surface area contributed by atoms with Gasteiger partial charge in [0, 0.05) is 3.57 Å². The summed E-state index contributed by atoms with van der Waals surface area (Å²) in [6.45, 7) is 4.69. The second kappa shape index (κ2) is 8.00. The predicted molar refractivity (Wildman–Crippen MR) is 84.2 cm³/mol. The number of nitrogens with zero attached hydrogens (tertiary/aromatic N) is 1. The number of halogens is 1. The van der Waals surface area contributed by atoms with Crippen molar-refractivity contribution in [2.75, 3.05) is 26.2 Å². The van der Waals surface area contributed by atoms with Crippen LogP contribution in [0.4, 0.5) is 0 Å². The lowest BCUT2D eigenvalue weighted by Crippen LogP contribution is -2.30. The van der Waals surface area contributed by atoms with Gasteiger partial charge in [-0.05, 0) is 92.2 Å². The van der Waals surface area contributed by atoms with Crippen molar-refractivity contribution in [1.82, 2.24) is 4.90 Å². The van der Waals surface area contributed by atoms with E-state index in [4.69, 9.17) is 4.74 Å². The highest BCUT2D eigenvalue weighted by atomic mass is 127. The van der Waals surface area contributed by atoms with Crippen molar-refractivity contribution in [1.29, 1.82) is 0 Å². The SMILES string of the molecule is Ic1ccc(OCCCCN2CCCCC2)cc1. The largest absolute Gasteiger partial charge is 0.494 e. The van der Waals surface area contributed by atoms with Gasteiger partial charge in [0.1, 0.15) is 5.75 Å². The molecule has 0 N–H and O–H groups in total. The van der Waals surface area contributed by atoms with Crippen molar-refractivity contribution in [3.63, 3.8) is 0 Å². The maximum atomic E-state index is 5.73. The fourth-order valence-electron chi connectivity index (χ4n) is 2.34. The average molecular weight is 359 g/mol. The number of unbranched alkanes of at least 4 members (excludes halogenated alkanes) is 1. The van der Waals surface area contributed by atoms with Crippen LogP contribution in [0.25, 0.3) is 0 Å². The first-order valence-corrected chi connectivity index (χ1v) is 8.03. The molecule has 3 heteroatoms. The van der Waals surface area contributed by atoms with Crippen molar-refractivity contribution in [3.8, 4) is 5.75 Å². The Morgan fingerprint density at radius 3 is 2.44 bits per heavy atom. The zero-order valence-electron chi connectivity index (χ0n) is 10.9. The molecule has 1 aliphatic rings. The van der Waals surface area contributed by atoms with E-state index in [-0.39, 0.29) is 0 Å². The Bertz CT molecular complexity index is 333. The zero-order chi connectivity index (χ0) is 12.6. The van der Waals surface area contributed by atoms with Gasteiger partial charge in [-0.25, -0.2) is 0 Å². The molecule has 0 radical (unpaired) electrons. The molecule has 1 saturated heterocycles. The maximum Gasteiger partial charge on any atom is 0.119 e. The molecular weight excluding hydrogens is 337 g/mol. The molecule has 2 nitrogen and oxygen atoms in total.